The van der Waals surface area contributed by atoms with Crippen LogP contribution < -0.4 is 10.6 Å². The highest BCUT2D eigenvalue weighted by atomic mass is 16.4. The Morgan fingerprint density at radius 2 is 1.89 bits per heavy atom. The van der Waals surface area contributed by atoms with Crippen LogP contribution in [0.5, 0.6) is 0 Å². The first-order chi connectivity index (χ1) is 17.0. The molecule has 4 N–H and O–H groups in total. The van der Waals surface area contributed by atoms with Crippen LogP contribution in [0.3, 0.4) is 0 Å². The van der Waals surface area contributed by atoms with Gasteiger partial charge in [0.1, 0.15) is 5.69 Å². The van der Waals surface area contributed by atoms with Gasteiger partial charge >= 0.3 is 6.09 Å². The van der Waals surface area contributed by atoms with Crippen molar-refractivity contribution < 1.29 is 14.7 Å². The summed E-state index contributed by atoms with van der Waals surface area (Å²) in [5, 5.41) is 15.6. The summed E-state index contributed by atoms with van der Waals surface area (Å²) in [4.78, 5) is 29.5. The van der Waals surface area contributed by atoms with Crippen molar-refractivity contribution in [3.05, 3.63) is 71.4 Å². The number of aromatic amines is 1. The zero-order chi connectivity index (χ0) is 24.2. The molecule has 1 saturated heterocycles. The number of benzene rings is 2. The zero-order valence-electron chi connectivity index (χ0n) is 19.6. The number of carboxylic acid groups (broad SMARTS) is 1. The van der Waals surface area contributed by atoms with Gasteiger partial charge in [-0.1, -0.05) is 48.2 Å². The fourth-order valence-electron chi connectivity index (χ4n) is 4.74. The Morgan fingerprint density at radius 1 is 1.06 bits per heavy atom. The molecule has 180 valence electrons. The third kappa shape index (κ3) is 6.03. The van der Waals surface area contributed by atoms with E-state index in [2.05, 4.69) is 44.5 Å². The highest BCUT2D eigenvalue weighted by Gasteiger charge is 2.32. The molecule has 7 heteroatoms. The Hall–Kier alpha value is -3.76. The fourth-order valence-corrected chi connectivity index (χ4v) is 4.74. The number of H-pyrrole nitrogens is 1. The van der Waals surface area contributed by atoms with Crippen molar-refractivity contribution in [2.75, 3.05) is 19.6 Å². The molecule has 0 unspecified atom stereocenters. The van der Waals surface area contributed by atoms with E-state index in [1.165, 1.54) is 18.4 Å². The molecule has 1 saturated carbocycles. The summed E-state index contributed by atoms with van der Waals surface area (Å²) < 4.78 is 0. The van der Waals surface area contributed by atoms with Crippen molar-refractivity contribution in [1.82, 2.24) is 20.5 Å². The minimum absolute atomic E-state index is 0.133. The molecule has 2 atom stereocenters. The van der Waals surface area contributed by atoms with Crippen LogP contribution in [0.1, 0.15) is 40.9 Å². The molecule has 2 aromatic carbocycles. The molecule has 0 bridgehead atoms. The molecule has 2 fully saturated rings. The first-order valence-electron chi connectivity index (χ1n) is 12.2. The van der Waals surface area contributed by atoms with Gasteiger partial charge in [-0.25, -0.2) is 4.79 Å². The number of likely N-dealkylation sites (tertiary alicyclic amines) is 1. The predicted octanol–water partition coefficient (Wildman–Crippen LogP) is 3.82. The molecule has 0 radical (unpaired) electrons. The standard InChI is InChI=1S/C28H30N4O3/c33-27(26-14-23-11-10-20(13-25(23)31-26)9-8-19-6-7-19)29-16-24-12-22(15-30-28(34)35)18-32(24)17-21-4-2-1-3-5-21/h1-5,10-11,13-14,19,22,24,30-31H,6-7,12,15-18H2,(H,29,33)(H,34,35)/t22-,24-/m0/s1. The molecule has 0 spiro atoms. The van der Waals surface area contributed by atoms with E-state index in [1.54, 1.807) is 0 Å². The Morgan fingerprint density at radius 3 is 2.66 bits per heavy atom. The fraction of sp³-hybridized carbons (Fsp3) is 0.357. The lowest BCUT2D eigenvalue weighted by Crippen LogP contribution is -2.39. The largest absolute Gasteiger partial charge is 0.465 e. The van der Waals surface area contributed by atoms with Crippen molar-refractivity contribution in [3.8, 4) is 11.8 Å². The molecule has 7 nitrogen and oxygen atoms in total. The Bertz CT molecular complexity index is 1270. The highest BCUT2D eigenvalue weighted by Crippen LogP contribution is 2.28. The number of fused-ring (bicyclic) bond motifs is 1. The molecule has 2 aliphatic rings. The zero-order valence-corrected chi connectivity index (χ0v) is 19.6. The molecule has 35 heavy (non-hydrogen) atoms. The van der Waals surface area contributed by atoms with Gasteiger partial charge < -0.3 is 20.7 Å². The second kappa shape index (κ2) is 10.2. The number of hydrogen-bond acceptors (Lipinski definition) is 3. The minimum atomic E-state index is -1.00. The summed E-state index contributed by atoms with van der Waals surface area (Å²) in [6.07, 6.45) is 2.21. The van der Waals surface area contributed by atoms with Crippen LogP contribution in [0, 0.1) is 23.7 Å². The highest BCUT2D eigenvalue weighted by molar-refractivity contribution is 5.98. The van der Waals surface area contributed by atoms with Crippen molar-refractivity contribution in [2.45, 2.75) is 31.8 Å². The molecule has 2 heterocycles. The van der Waals surface area contributed by atoms with Gasteiger partial charge in [0, 0.05) is 54.6 Å². The summed E-state index contributed by atoms with van der Waals surface area (Å²) >= 11 is 0. The number of rotatable bonds is 7. The molecule has 5 rings (SSSR count). The molecule has 1 aliphatic heterocycles. The van der Waals surface area contributed by atoms with Gasteiger partial charge in [-0.15, -0.1) is 0 Å². The maximum atomic E-state index is 13.0. The summed E-state index contributed by atoms with van der Waals surface area (Å²) in [6.45, 7) is 2.47. The number of nitrogens with one attached hydrogen (secondary N) is 3. The average molecular weight is 471 g/mol. The van der Waals surface area contributed by atoms with E-state index >= 15 is 0 Å². The van der Waals surface area contributed by atoms with E-state index < -0.39 is 6.09 Å². The lowest BCUT2D eigenvalue weighted by Gasteiger charge is -2.24. The molecule has 1 aromatic heterocycles. The SMILES string of the molecule is O=C(O)NC[C@@H]1C[C@@H](CNC(=O)c2cc3ccc(C#CC4CC4)cc3[nH]2)N(Cc2ccccc2)C1. The topological polar surface area (TPSA) is 97.5 Å². The van der Waals surface area contributed by atoms with E-state index in [1.807, 2.05) is 42.5 Å². The van der Waals surface area contributed by atoms with Crippen LogP contribution in [0.2, 0.25) is 0 Å². The van der Waals surface area contributed by atoms with Crippen molar-refractivity contribution in [2.24, 2.45) is 11.8 Å². The monoisotopic (exact) mass is 470 g/mol. The maximum absolute atomic E-state index is 13.0. The van der Waals surface area contributed by atoms with Crippen LogP contribution in [-0.2, 0) is 6.54 Å². The van der Waals surface area contributed by atoms with Crippen molar-refractivity contribution >= 4 is 22.9 Å². The average Bonchev–Trinajstić information content (AvgIpc) is 3.46. The van der Waals surface area contributed by atoms with Gasteiger partial charge in [0.15, 0.2) is 0 Å². The Labute approximate surface area is 204 Å². The van der Waals surface area contributed by atoms with Crippen LogP contribution in [0.25, 0.3) is 10.9 Å². The predicted molar refractivity (Wildman–Crippen MR) is 135 cm³/mol. The first kappa shape index (κ1) is 23.0. The first-order valence-corrected chi connectivity index (χ1v) is 12.2. The molecule has 1 aliphatic carbocycles. The van der Waals surface area contributed by atoms with Gasteiger partial charge in [0.05, 0.1) is 0 Å². The number of hydrogen-bond donors (Lipinski definition) is 4. The minimum Gasteiger partial charge on any atom is -0.465 e. The summed E-state index contributed by atoms with van der Waals surface area (Å²) in [5.74, 6) is 7.12. The quantitative estimate of drug-likeness (QED) is 0.395. The van der Waals surface area contributed by atoms with Crippen LogP contribution >= 0.6 is 0 Å². The summed E-state index contributed by atoms with van der Waals surface area (Å²) in [7, 11) is 0. The smallest absolute Gasteiger partial charge is 0.404 e. The van der Waals surface area contributed by atoms with Gasteiger partial charge in [0.25, 0.3) is 5.91 Å². The van der Waals surface area contributed by atoms with Crippen molar-refractivity contribution in [3.63, 3.8) is 0 Å². The molecule has 3 aromatic rings. The second-order valence-corrected chi connectivity index (χ2v) is 9.60. The lowest BCUT2D eigenvalue weighted by molar-refractivity contribution is 0.0935. The van der Waals surface area contributed by atoms with Crippen LogP contribution in [-0.4, -0.2) is 52.7 Å². The summed E-state index contributed by atoms with van der Waals surface area (Å²) in [5.41, 5.74) is 3.60. The Kier molecular flexibility index (Phi) is 6.73. The van der Waals surface area contributed by atoms with E-state index in [0.29, 0.717) is 24.7 Å². The normalized spacial score (nSPS) is 19.8. The number of nitrogens with zero attached hydrogens (tertiary/aromatic N) is 1. The molecule has 2 amide bonds. The van der Waals surface area contributed by atoms with Crippen LogP contribution in [0.4, 0.5) is 4.79 Å². The lowest BCUT2D eigenvalue weighted by atomic mass is 10.1. The van der Waals surface area contributed by atoms with E-state index in [-0.39, 0.29) is 17.9 Å². The van der Waals surface area contributed by atoms with Crippen LogP contribution in [0.15, 0.2) is 54.6 Å². The molecular weight excluding hydrogens is 440 g/mol. The maximum Gasteiger partial charge on any atom is 0.404 e. The number of aromatic nitrogens is 1. The van der Waals surface area contributed by atoms with Gasteiger partial charge in [-0.2, -0.15) is 0 Å². The number of carbonyl (C=O) groups is 2. The van der Waals surface area contributed by atoms with Crippen molar-refractivity contribution in [1.29, 1.82) is 0 Å². The number of amides is 2. The molecular formula is C28H30N4O3. The Balaban J connectivity index is 1.23. The third-order valence-corrected chi connectivity index (χ3v) is 6.75. The second-order valence-electron chi connectivity index (χ2n) is 9.60. The summed E-state index contributed by atoms with van der Waals surface area (Å²) in [6, 6.07) is 18.2. The third-order valence-electron chi connectivity index (χ3n) is 6.75. The van der Waals surface area contributed by atoms with E-state index in [9.17, 15) is 9.59 Å². The van der Waals surface area contributed by atoms with Gasteiger partial charge in [0.2, 0.25) is 0 Å². The van der Waals surface area contributed by atoms with E-state index in [4.69, 9.17) is 5.11 Å². The number of carbonyl (C=O) groups excluding carboxylic acids is 1. The van der Waals surface area contributed by atoms with Gasteiger partial charge in [-0.05, 0) is 48.9 Å². The van der Waals surface area contributed by atoms with E-state index in [0.717, 1.165) is 36.0 Å². The van der Waals surface area contributed by atoms with Gasteiger partial charge in [-0.3, -0.25) is 9.69 Å².